The zero-order valence-electron chi connectivity index (χ0n) is 15.7. The Morgan fingerprint density at radius 3 is 2.85 bits per heavy atom. The van der Waals surface area contributed by atoms with E-state index in [0.29, 0.717) is 11.7 Å². The normalized spacial score (nSPS) is 17.2. The van der Waals surface area contributed by atoms with Crippen molar-refractivity contribution in [2.75, 3.05) is 26.2 Å². The summed E-state index contributed by atoms with van der Waals surface area (Å²) in [7, 11) is 0. The molecule has 2 rings (SSSR count). The summed E-state index contributed by atoms with van der Waals surface area (Å²) >= 11 is 5.80. The molecule has 1 fully saturated rings. The van der Waals surface area contributed by atoms with E-state index in [0.717, 1.165) is 44.0 Å². The van der Waals surface area contributed by atoms with Gasteiger partial charge in [-0.2, -0.15) is 0 Å². The summed E-state index contributed by atoms with van der Waals surface area (Å²) in [5.74, 6) is 1.07. The van der Waals surface area contributed by atoms with Crippen molar-refractivity contribution in [3.63, 3.8) is 0 Å². The van der Waals surface area contributed by atoms with Gasteiger partial charge in [-0.15, -0.1) is 24.0 Å². The highest BCUT2D eigenvalue weighted by atomic mass is 127. The lowest BCUT2D eigenvalue weighted by atomic mass is 10.2. The third-order valence-corrected chi connectivity index (χ3v) is 4.36. The molecule has 1 atom stereocenters. The number of hydrogen-bond acceptors (Lipinski definition) is 3. The molecule has 1 aliphatic rings. The van der Waals surface area contributed by atoms with Crippen molar-refractivity contribution >= 4 is 47.4 Å². The standard InChI is InChI=1S/C18H28ClN5O.HI/c1-4-20-18(21-9-7-14-5-6-16(19)22-11-14)23-15-8-10-24(12-15)17(25)13(2)3;/h5-6,11,13,15H,4,7-10,12H2,1-3H3,(H2,20,21,23);1H. The molecular formula is C18H29ClIN5O. The fraction of sp³-hybridized carbons (Fsp3) is 0.611. The largest absolute Gasteiger partial charge is 0.357 e. The molecule has 0 spiro atoms. The molecule has 1 unspecified atom stereocenters. The van der Waals surface area contributed by atoms with Gasteiger partial charge in [0.15, 0.2) is 5.96 Å². The van der Waals surface area contributed by atoms with Crippen molar-refractivity contribution in [2.45, 2.75) is 39.7 Å². The molecule has 146 valence electrons. The highest BCUT2D eigenvalue weighted by Gasteiger charge is 2.27. The minimum atomic E-state index is 0. The van der Waals surface area contributed by atoms with Crippen molar-refractivity contribution in [3.8, 4) is 0 Å². The van der Waals surface area contributed by atoms with Crippen molar-refractivity contribution in [2.24, 2.45) is 10.9 Å². The molecule has 1 saturated heterocycles. The number of hydrogen-bond donors (Lipinski definition) is 2. The fourth-order valence-electron chi connectivity index (χ4n) is 2.81. The van der Waals surface area contributed by atoms with E-state index in [4.69, 9.17) is 11.6 Å². The minimum absolute atomic E-state index is 0. The van der Waals surface area contributed by atoms with Gasteiger partial charge in [0, 0.05) is 44.3 Å². The van der Waals surface area contributed by atoms with Gasteiger partial charge in [0.2, 0.25) is 5.91 Å². The Bertz CT molecular complexity index is 594. The second-order valence-electron chi connectivity index (χ2n) is 6.57. The molecule has 0 aliphatic carbocycles. The van der Waals surface area contributed by atoms with E-state index in [1.54, 1.807) is 12.3 Å². The summed E-state index contributed by atoms with van der Waals surface area (Å²) in [6.45, 7) is 8.95. The fourth-order valence-corrected chi connectivity index (χ4v) is 2.92. The minimum Gasteiger partial charge on any atom is -0.357 e. The smallest absolute Gasteiger partial charge is 0.225 e. The lowest BCUT2D eigenvalue weighted by Crippen LogP contribution is -2.45. The predicted molar refractivity (Wildman–Crippen MR) is 117 cm³/mol. The Kier molecular flexibility index (Phi) is 10.2. The Morgan fingerprint density at radius 2 is 2.23 bits per heavy atom. The van der Waals surface area contributed by atoms with E-state index in [1.165, 1.54) is 0 Å². The number of pyridine rings is 1. The van der Waals surface area contributed by atoms with Crippen LogP contribution in [0.1, 0.15) is 32.8 Å². The number of nitrogens with one attached hydrogen (secondary N) is 2. The topological polar surface area (TPSA) is 69.6 Å². The molecule has 26 heavy (non-hydrogen) atoms. The van der Waals surface area contributed by atoms with E-state index in [1.807, 2.05) is 31.7 Å². The molecule has 1 aromatic heterocycles. The molecule has 1 amide bonds. The first kappa shape index (κ1) is 23.0. The monoisotopic (exact) mass is 493 g/mol. The van der Waals surface area contributed by atoms with Crippen LogP contribution in [0.5, 0.6) is 0 Å². The van der Waals surface area contributed by atoms with Crippen LogP contribution in [0, 0.1) is 5.92 Å². The lowest BCUT2D eigenvalue weighted by Gasteiger charge is -2.20. The van der Waals surface area contributed by atoms with Crippen LogP contribution in [0.3, 0.4) is 0 Å². The Balaban J connectivity index is 0.00000338. The summed E-state index contributed by atoms with van der Waals surface area (Å²) in [4.78, 5) is 22.7. The molecule has 1 aliphatic heterocycles. The van der Waals surface area contributed by atoms with Gasteiger partial charge in [0.05, 0.1) is 0 Å². The zero-order valence-corrected chi connectivity index (χ0v) is 18.8. The number of nitrogens with zero attached hydrogens (tertiary/aromatic N) is 3. The molecule has 0 saturated carbocycles. The van der Waals surface area contributed by atoms with Crippen LogP contribution in [0.2, 0.25) is 5.15 Å². The van der Waals surface area contributed by atoms with E-state index in [9.17, 15) is 4.79 Å². The van der Waals surface area contributed by atoms with E-state index >= 15 is 0 Å². The van der Waals surface area contributed by atoms with E-state index in [2.05, 4.69) is 20.6 Å². The van der Waals surface area contributed by atoms with Gasteiger partial charge in [-0.05, 0) is 31.4 Å². The summed E-state index contributed by atoms with van der Waals surface area (Å²) < 4.78 is 0. The highest BCUT2D eigenvalue weighted by molar-refractivity contribution is 14.0. The summed E-state index contributed by atoms with van der Waals surface area (Å²) in [6, 6.07) is 4.01. The number of amides is 1. The molecule has 1 aromatic rings. The second-order valence-corrected chi connectivity index (χ2v) is 6.96. The highest BCUT2D eigenvalue weighted by Crippen LogP contribution is 2.12. The first-order valence-corrected chi connectivity index (χ1v) is 9.31. The number of carbonyl (C=O) groups excluding carboxylic acids is 1. The zero-order chi connectivity index (χ0) is 18.2. The predicted octanol–water partition coefficient (Wildman–Crippen LogP) is 2.71. The number of carbonyl (C=O) groups is 1. The number of guanidine groups is 1. The van der Waals surface area contributed by atoms with Crippen LogP contribution in [0.15, 0.2) is 23.3 Å². The summed E-state index contributed by atoms with van der Waals surface area (Å²) in [5.41, 5.74) is 1.11. The number of halogens is 2. The average molecular weight is 494 g/mol. The summed E-state index contributed by atoms with van der Waals surface area (Å²) in [5, 5.41) is 7.22. The first-order valence-electron chi connectivity index (χ1n) is 8.93. The second kappa shape index (κ2) is 11.6. The third kappa shape index (κ3) is 7.26. The van der Waals surface area contributed by atoms with E-state index in [-0.39, 0.29) is 41.8 Å². The molecule has 6 nitrogen and oxygen atoms in total. The van der Waals surface area contributed by atoms with Crippen molar-refractivity contribution in [3.05, 3.63) is 29.0 Å². The van der Waals surface area contributed by atoms with Crippen LogP contribution in [-0.2, 0) is 11.2 Å². The number of rotatable bonds is 6. The maximum atomic E-state index is 12.1. The van der Waals surface area contributed by atoms with E-state index < -0.39 is 0 Å². The molecule has 2 N–H and O–H groups in total. The third-order valence-electron chi connectivity index (χ3n) is 4.14. The summed E-state index contributed by atoms with van der Waals surface area (Å²) in [6.07, 6.45) is 3.54. The average Bonchev–Trinajstić information content (AvgIpc) is 3.04. The van der Waals surface area contributed by atoms with Crippen molar-refractivity contribution in [1.82, 2.24) is 20.5 Å². The van der Waals surface area contributed by atoms with Crippen LogP contribution >= 0.6 is 35.6 Å². The van der Waals surface area contributed by atoms with Gasteiger partial charge >= 0.3 is 0 Å². The van der Waals surface area contributed by atoms with Crippen molar-refractivity contribution < 1.29 is 4.79 Å². The van der Waals surface area contributed by atoms with Crippen LogP contribution in [-0.4, -0.2) is 54.0 Å². The molecule has 0 bridgehead atoms. The van der Waals surface area contributed by atoms with Crippen LogP contribution in [0.25, 0.3) is 0 Å². The Morgan fingerprint density at radius 1 is 1.46 bits per heavy atom. The van der Waals surface area contributed by atoms with Crippen LogP contribution < -0.4 is 10.6 Å². The number of aliphatic imine (C=N–C) groups is 1. The molecule has 0 aromatic carbocycles. The van der Waals surface area contributed by atoms with Gasteiger partial charge < -0.3 is 15.5 Å². The molecule has 2 heterocycles. The van der Waals surface area contributed by atoms with Gasteiger partial charge in [-0.25, -0.2) is 4.98 Å². The Labute approximate surface area is 178 Å². The first-order chi connectivity index (χ1) is 12.0. The van der Waals surface area contributed by atoms with Crippen molar-refractivity contribution in [1.29, 1.82) is 0 Å². The molecule has 8 heteroatoms. The van der Waals surface area contributed by atoms with Gasteiger partial charge in [0.1, 0.15) is 5.15 Å². The van der Waals surface area contributed by atoms with Gasteiger partial charge in [0.25, 0.3) is 0 Å². The van der Waals surface area contributed by atoms with Gasteiger partial charge in [-0.1, -0.05) is 31.5 Å². The maximum Gasteiger partial charge on any atom is 0.225 e. The van der Waals surface area contributed by atoms with Gasteiger partial charge in [-0.3, -0.25) is 9.79 Å². The number of aromatic nitrogens is 1. The lowest BCUT2D eigenvalue weighted by molar-refractivity contribution is -0.133. The Hall–Kier alpha value is -1.09. The maximum absolute atomic E-state index is 12.1. The number of likely N-dealkylation sites (tertiary alicyclic amines) is 1. The van der Waals surface area contributed by atoms with Crippen LogP contribution in [0.4, 0.5) is 0 Å². The quantitative estimate of drug-likeness (QED) is 0.277. The molecular weight excluding hydrogens is 465 g/mol. The SMILES string of the molecule is CCNC(=NCCc1ccc(Cl)nc1)NC1CCN(C(=O)C(C)C)C1.I. The molecule has 0 radical (unpaired) electrons.